The molecule has 78 valence electrons. The van der Waals surface area contributed by atoms with Crippen LogP contribution >= 0.6 is 0 Å². The molecule has 1 aromatic carbocycles. The summed E-state index contributed by atoms with van der Waals surface area (Å²) in [6.07, 6.45) is 2.39. The highest BCUT2D eigenvalue weighted by Crippen LogP contribution is 2.18. The maximum absolute atomic E-state index is 8.12. The molecule has 0 aromatic heterocycles. The minimum atomic E-state index is 0.250. The zero-order chi connectivity index (χ0) is 11.1. The molecule has 0 saturated carbocycles. The molecule has 15 heavy (non-hydrogen) atoms. The molecule has 2 rings (SSSR count). The molecule has 3 heteroatoms. The predicted octanol–water partition coefficient (Wildman–Crippen LogP) is 1.83. The maximum Gasteiger partial charge on any atom is 0.373 e. The second-order valence-electron chi connectivity index (χ2n) is 3.19. The predicted molar refractivity (Wildman–Crippen MR) is 55.0 cm³/mol. The highest BCUT2D eigenvalue weighted by Gasteiger charge is 2.05. The van der Waals surface area contributed by atoms with E-state index in [1.807, 2.05) is 0 Å². The molecule has 1 heterocycles. The van der Waals surface area contributed by atoms with E-state index in [2.05, 4.69) is 37.3 Å². The van der Waals surface area contributed by atoms with E-state index in [0.29, 0.717) is 0 Å². The van der Waals surface area contributed by atoms with Crippen LogP contribution in [0.25, 0.3) is 5.57 Å². The van der Waals surface area contributed by atoms with Gasteiger partial charge >= 0.3 is 6.15 Å². The van der Waals surface area contributed by atoms with E-state index in [4.69, 9.17) is 14.3 Å². The van der Waals surface area contributed by atoms with Crippen molar-refractivity contribution in [1.82, 2.24) is 0 Å². The summed E-state index contributed by atoms with van der Waals surface area (Å²) in [7, 11) is 0. The molecule has 1 aliphatic heterocycles. The number of rotatable bonds is 1. The van der Waals surface area contributed by atoms with E-state index in [-0.39, 0.29) is 6.15 Å². The second kappa shape index (κ2) is 5.91. The van der Waals surface area contributed by atoms with Crippen molar-refractivity contribution < 1.29 is 14.3 Å². The fourth-order valence-electron chi connectivity index (χ4n) is 1.36. The lowest BCUT2D eigenvalue weighted by Gasteiger charge is -2.00. The Morgan fingerprint density at radius 1 is 1.20 bits per heavy atom. The molecule has 3 nitrogen and oxygen atoms in total. The fourth-order valence-corrected chi connectivity index (χ4v) is 1.36. The molecule has 0 saturated heterocycles. The van der Waals surface area contributed by atoms with Crippen molar-refractivity contribution in [1.29, 1.82) is 0 Å². The van der Waals surface area contributed by atoms with Gasteiger partial charge in [-0.3, -0.25) is 0 Å². The van der Waals surface area contributed by atoms with Gasteiger partial charge in [0, 0.05) is 0 Å². The topological polar surface area (TPSA) is 43.4 Å². The summed E-state index contributed by atoms with van der Waals surface area (Å²) in [5, 5.41) is 0. The third kappa shape index (κ3) is 3.50. The maximum atomic E-state index is 8.12. The molecule has 0 aliphatic carbocycles. The van der Waals surface area contributed by atoms with Crippen LogP contribution in [0, 0.1) is 6.92 Å². The Hall–Kier alpha value is -1.70. The van der Waals surface area contributed by atoms with Gasteiger partial charge in [0.15, 0.2) is 0 Å². The van der Waals surface area contributed by atoms with Gasteiger partial charge < -0.3 is 4.74 Å². The van der Waals surface area contributed by atoms with Gasteiger partial charge in [0.05, 0.1) is 13.2 Å². The quantitative estimate of drug-likeness (QED) is 0.700. The molecule has 0 unspecified atom stereocenters. The van der Waals surface area contributed by atoms with Gasteiger partial charge in [0.2, 0.25) is 0 Å². The summed E-state index contributed by atoms with van der Waals surface area (Å²) in [6, 6.07) is 8.56. The van der Waals surface area contributed by atoms with Crippen molar-refractivity contribution in [2.75, 3.05) is 13.2 Å². The van der Waals surface area contributed by atoms with E-state index in [1.165, 1.54) is 16.7 Å². The minimum absolute atomic E-state index is 0.250. The van der Waals surface area contributed by atoms with Crippen LogP contribution in [0.15, 0.2) is 30.3 Å². The summed E-state index contributed by atoms with van der Waals surface area (Å²) in [6.45, 7) is 3.63. The molecule has 1 aliphatic rings. The van der Waals surface area contributed by atoms with Gasteiger partial charge in [-0.25, -0.2) is 0 Å². The monoisotopic (exact) mass is 204 g/mol. The zero-order valence-corrected chi connectivity index (χ0v) is 8.53. The van der Waals surface area contributed by atoms with Gasteiger partial charge in [0.1, 0.15) is 0 Å². The first kappa shape index (κ1) is 11.4. The Morgan fingerprint density at radius 2 is 1.80 bits per heavy atom. The van der Waals surface area contributed by atoms with Crippen LogP contribution in [0.3, 0.4) is 0 Å². The number of hydrogen-bond donors (Lipinski definition) is 0. The van der Waals surface area contributed by atoms with Crippen LogP contribution in [0.2, 0.25) is 0 Å². The normalized spacial score (nSPS) is 13.5. The lowest BCUT2D eigenvalue weighted by molar-refractivity contribution is -0.191. The highest BCUT2D eigenvalue weighted by atomic mass is 16.5. The van der Waals surface area contributed by atoms with Crippen LogP contribution in [0.4, 0.5) is 0 Å². The molecule has 0 amide bonds. The number of benzene rings is 1. The Morgan fingerprint density at radius 3 is 2.27 bits per heavy atom. The van der Waals surface area contributed by atoms with Crippen molar-refractivity contribution in [3.63, 3.8) is 0 Å². The van der Waals surface area contributed by atoms with Gasteiger partial charge in [0.25, 0.3) is 0 Å². The number of ether oxygens (including phenoxy) is 1. The van der Waals surface area contributed by atoms with Crippen LogP contribution in [-0.2, 0) is 14.3 Å². The highest BCUT2D eigenvalue weighted by molar-refractivity contribution is 5.67. The molecule has 0 N–H and O–H groups in total. The summed E-state index contributed by atoms with van der Waals surface area (Å²) in [5.74, 6) is 0. The van der Waals surface area contributed by atoms with Crippen LogP contribution < -0.4 is 0 Å². The van der Waals surface area contributed by atoms with E-state index in [1.54, 1.807) is 0 Å². The number of carbonyl (C=O) groups excluding carboxylic acids is 2. The van der Waals surface area contributed by atoms with Crippen molar-refractivity contribution in [2.24, 2.45) is 0 Å². The molecule has 1 aromatic rings. The summed E-state index contributed by atoms with van der Waals surface area (Å²) >= 11 is 0. The third-order valence-corrected chi connectivity index (χ3v) is 2.13. The lowest BCUT2D eigenvalue weighted by atomic mass is 10.1. The van der Waals surface area contributed by atoms with E-state index < -0.39 is 0 Å². The third-order valence-electron chi connectivity index (χ3n) is 2.13. The first-order valence-electron chi connectivity index (χ1n) is 4.61. The second-order valence-corrected chi connectivity index (χ2v) is 3.19. The average molecular weight is 204 g/mol. The number of hydrogen-bond acceptors (Lipinski definition) is 3. The van der Waals surface area contributed by atoms with Gasteiger partial charge in [-0.05, 0) is 18.1 Å². The molecule has 0 bridgehead atoms. The van der Waals surface area contributed by atoms with Crippen LogP contribution in [0.5, 0.6) is 0 Å². The fraction of sp³-hybridized carbons (Fsp3) is 0.250. The van der Waals surface area contributed by atoms with Gasteiger partial charge in [-0.15, -0.1) is 0 Å². The standard InChI is InChI=1S/C11H12O.CO2/c1-9-2-4-10(5-3-9)11-6-7-12-8-11;2-1-3/h2-6H,7-8H2,1H3;. The Balaban J connectivity index is 0.000000337. The van der Waals surface area contributed by atoms with E-state index in [9.17, 15) is 0 Å². The summed E-state index contributed by atoms with van der Waals surface area (Å²) in [4.78, 5) is 16.2. The summed E-state index contributed by atoms with van der Waals surface area (Å²) in [5.41, 5.74) is 3.91. The van der Waals surface area contributed by atoms with Gasteiger partial charge in [-0.1, -0.05) is 35.9 Å². The SMILES string of the molecule is Cc1ccc(C2=CCOC2)cc1.O=C=O. The smallest absolute Gasteiger partial charge is 0.373 e. The van der Waals surface area contributed by atoms with Gasteiger partial charge in [-0.2, -0.15) is 9.59 Å². The Labute approximate surface area is 88.4 Å². The van der Waals surface area contributed by atoms with E-state index in [0.717, 1.165) is 13.2 Å². The summed E-state index contributed by atoms with van der Waals surface area (Å²) < 4.78 is 5.25. The van der Waals surface area contributed by atoms with Crippen molar-refractivity contribution in [3.8, 4) is 0 Å². The van der Waals surface area contributed by atoms with Crippen molar-refractivity contribution >= 4 is 11.7 Å². The molecule has 0 atom stereocenters. The minimum Gasteiger partial charge on any atom is -0.373 e. The van der Waals surface area contributed by atoms with E-state index >= 15 is 0 Å². The average Bonchev–Trinajstić information content (AvgIpc) is 2.73. The molecule has 0 spiro atoms. The molecule has 0 radical (unpaired) electrons. The van der Waals surface area contributed by atoms with Crippen LogP contribution in [-0.4, -0.2) is 19.4 Å². The first-order valence-corrected chi connectivity index (χ1v) is 4.61. The first-order chi connectivity index (χ1) is 7.27. The Kier molecular flexibility index (Phi) is 4.48. The molecular formula is C12H12O3. The lowest BCUT2D eigenvalue weighted by Crippen LogP contribution is -1.87. The van der Waals surface area contributed by atoms with Crippen LogP contribution in [0.1, 0.15) is 11.1 Å². The molecule has 0 fully saturated rings. The van der Waals surface area contributed by atoms with Crippen molar-refractivity contribution in [2.45, 2.75) is 6.92 Å². The number of aryl methyl sites for hydroxylation is 1. The largest absolute Gasteiger partial charge is 0.373 e. The van der Waals surface area contributed by atoms with Crippen molar-refractivity contribution in [3.05, 3.63) is 41.5 Å². The zero-order valence-electron chi connectivity index (χ0n) is 8.53. The Bertz CT molecular complexity index is 370. The molecular weight excluding hydrogens is 192 g/mol.